The molecule has 3 rings (SSSR count). The molecule has 0 aromatic heterocycles. The number of aliphatic hydroxyl groups excluding tert-OH is 1. The van der Waals surface area contributed by atoms with Crippen LogP contribution < -0.4 is 10.2 Å². The Labute approximate surface area is 144 Å². The van der Waals surface area contributed by atoms with Gasteiger partial charge in [0.05, 0.1) is 23.1 Å². The molecule has 2 atom stereocenters. The molecule has 0 bridgehead atoms. The average molecular weight is 336 g/mol. The summed E-state index contributed by atoms with van der Waals surface area (Å²) >= 11 is 0. The Kier molecular flexibility index (Phi) is 4.08. The fourth-order valence-corrected chi connectivity index (χ4v) is 3.63. The number of aliphatic carboxylic acids is 2. The highest BCUT2D eigenvalue weighted by molar-refractivity contribution is 5.88. The molecule has 2 aromatic carbocycles. The molecule has 0 spiro atoms. The van der Waals surface area contributed by atoms with Crippen molar-refractivity contribution in [2.45, 2.75) is 23.7 Å². The van der Waals surface area contributed by atoms with Crippen molar-refractivity contribution in [3.63, 3.8) is 0 Å². The number of benzene rings is 2. The molecule has 2 unspecified atom stereocenters. The van der Waals surface area contributed by atoms with E-state index in [1.807, 2.05) is 0 Å². The Morgan fingerprint density at radius 3 is 1.84 bits per heavy atom. The van der Waals surface area contributed by atoms with Gasteiger partial charge in [-0.1, -0.05) is 60.7 Å². The van der Waals surface area contributed by atoms with Crippen molar-refractivity contribution in [2.75, 3.05) is 0 Å². The van der Waals surface area contributed by atoms with Crippen molar-refractivity contribution in [1.82, 2.24) is 0 Å². The van der Waals surface area contributed by atoms with E-state index in [-0.39, 0.29) is 18.6 Å². The number of rotatable bonds is 4. The standard InChI is InChI=1S/C20H18O5/c21-16-11-19(17(22)23,14-7-3-1-4-8-14)13-20(12-16,18(24)25)15-9-5-2-6-10-15/h1-11,21H,12-13H2,(H,22,23)(H,24,25)/p-2. The molecule has 25 heavy (non-hydrogen) atoms. The lowest BCUT2D eigenvalue weighted by Crippen LogP contribution is -2.57. The summed E-state index contributed by atoms with van der Waals surface area (Å²) in [5.41, 5.74) is -2.70. The van der Waals surface area contributed by atoms with Gasteiger partial charge < -0.3 is 24.9 Å². The van der Waals surface area contributed by atoms with Gasteiger partial charge in [0.1, 0.15) is 0 Å². The number of hydrogen-bond donors (Lipinski definition) is 1. The van der Waals surface area contributed by atoms with Crippen molar-refractivity contribution in [1.29, 1.82) is 0 Å². The smallest absolute Gasteiger partial charge is 0.0908 e. The molecule has 2 aromatic rings. The molecule has 1 aliphatic carbocycles. The van der Waals surface area contributed by atoms with Gasteiger partial charge in [-0.25, -0.2) is 0 Å². The highest BCUT2D eigenvalue weighted by Gasteiger charge is 2.48. The molecule has 0 saturated carbocycles. The van der Waals surface area contributed by atoms with E-state index in [4.69, 9.17) is 0 Å². The maximum Gasteiger partial charge on any atom is 0.0908 e. The third-order valence-corrected chi connectivity index (χ3v) is 4.85. The molecule has 5 heteroatoms. The van der Waals surface area contributed by atoms with Crippen LogP contribution in [0.2, 0.25) is 0 Å². The van der Waals surface area contributed by atoms with Crippen LogP contribution in [0.4, 0.5) is 0 Å². The number of aliphatic hydroxyl groups is 1. The predicted octanol–water partition coefficient (Wildman–Crippen LogP) is 0.598. The fraction of sp³-hybridized carbons (Fsp3) is 0.200. The van der Waals surface area contributed by atoms with E-state index in [9.17, 15) is 24.9 Å². The molecule has 0 saturated heterocycles. The molecule has 0 amide bonds. The Morgan fingerprint density at radius 1 is 0.840 bits per heavy atom. The van der Waals surface area contributed by atoms with Crippen molar-refractivity contribution in [3.8, 4) is 0 Å². The molecular formula is C20H16O5-2. The van der Waals surface area contributed by atoms with Gasteiger partial charge in [0.2, 0.25) is 0 Å². The van der Waals surface area contributed by atoms with E-state index >= 15 is 0 Å². The Balaban J connectivity index is 2.25. The number of hydrogen-bond acceptors (Lipinski definition) is 5. The fourth-order valence-electron chi connectivity index (χ4n) is 3.63. The molecule has 0 heterocycles. The van der Waals surface area contributed by atoms with E-state index in [1.54, 1.807) is 60.7 Å². The van der Waals surface area contributed by atoms with Crippen molar-refractivity contribution in [2.24, 2.45) is 0 Å². The first-order chi connectivity index (χ1) is 11.9. The topological polar surface area (TPSA) is 100 Å². The molecule has 5 nitrogen and oxygen atoms in total. The normalized spacial score (nSPS) is 25.8. The molecule has 1 aliphatic rings. The van der Waals surface area contributed by atoms with Crippen LogP contribution in [0.5, 0.6) is 0 Å². The molecule has 0 fully saturated rings. The number of carboxylic acids is 2. The van der Waals surface area contributed by atoms with E-state index in [1.165, 1.54) is 6.08 Å². The minimum Gasteiger partial charge on any atom is -0.549 e. The monoisotopic (exact) mass is 336 g/mol. The van der Waals surface area contributed by atoms with Gasteiger partial charge in [-0.15, -0.1) is 0 Å². The molecule has 1 N–H and O–H groups in total. The SMILES string of the molecule is O=C([O-])C1(c2ccccc2)C=C(O)CC(C(=O)[O-])(c2ccccc2)C1. The van der Waals surface area contributed by atoms with E-state index in [2.05, 4.69) is 0 Å². The summed E-state index contributed by atoms with van der Waals surface area (Å²) in [4.78, 5) is 24.2. The van der Waals surface area contributed by atoms with Gasteiger partial charge >= 0.3 is 0 Å². The van der Waals surface area contributed by atoms with E-state index in [0.29, 0.717) is 11.1 Å². The quantitative estimate of drug-likeness (QED) is 0.881. The maximum atomic E-state index is 12.1. The minimum atomic E-state index is -1.76. The number of carbonyl (C=O) groups excluding carboxylic acids is 2. The van der Waals surface area contributed by atoms with Crippen LogP contribution >= 0.6 is 0 Å². The zero-order valence-electron chi connectivity index (χ0n) is 13.3. The second-order valence-electron chi connectivity index (χ2n) is 6.35. The summed E-state index contributed by atoms with van der Waals surface area (Å²) in [5, 5.41) is 34.5. The molecule has 128 valence electrons. The van der Waals surface area contributed by atoms with Crippen LogP contribution in [-0.4, -0.2) is 17.0 Å². The summed E-state index contributed by atoms with van der Waals surface area (Å²) in [6.45, 7) is 0. The van der Waals surface area contributed by atoms with Gasteiger partial charge in [0.25, 0.3) is 0 Å². The van der Waals surface area contributed by atoms with Crippen LogP contribution in [0.1, 0.15) is 24.0 Å². The van der Waals surface area contributed by atoms with Crippen LogP contribution in [0.3, 0.4) is 0 Å². The molecule has 0 aliphatic heterocycles. The van der Waals surface area contributed by atoms with Gasteiger partial charge in [-0.2, -0.15) is 0 Å². The van der Waals surface area contributed by atoms with Gasteiger partial charge in [0, 0.05) is 11.8 Å². The number of allylic oxidation sites excluding steroid dienone is 1. The first-order valence-electron chi connectivity index (χ1n) is 7.85. The van der Waals surface area contributed by atoms with Crippen LogP contribution in [-0.2, 0) is 20.4 Å². The Bertz CT molecular complexity index is 828. The Morgan fingerprint density at radius 2 is 1.36 bits per heavy atom. The summed E-state index contributed by atoms with van der Waals surface area (Å²) in [5.74, 6) is -3.21. The summed E-state index contributed by atoms with van der Waals surface area (Å²) in [7, 11) is 0. The van der Waals surface area contributed by atoms with Gasteiger partial charge in [0.15, 0.2) is 0 Å². The van der Waals surface area contributed by atoms with Crippen molar-refractivity contribution in [3.05, 3.63) is 83.6 Å². The van der Waals surface area contributed by atoms with Crippen LogP contribution in [0.25, 0.3) is 0 Å². The molecular weight excluding hydrogens is 320 g/mol. The third-order valence-electron chi connectivity index (χ3n) is 4.85. The highest BCUT2D eigenvalue weighted by Crippen LogP contribution is 2.47. The summed E-state index contributed by atoms with van der Waals surface area (Å²) in [6.07, 6.45) is 0.645. The maximum absolute atomic E-state index is 12.1. The summed E-state index contributed by atoms with van der Waals surface area (Å²) in [6, 6.07) is 16.4. The predicted molar refractivity (Wildman–Crippen MR) is 86.2 cm³/mol. The van der Waals surface area contributed by atoms with Crippen molar-refractivity contribution < 1.29 is 24.9 Å². The van der Waals surface area contributed by atoms with Crippen LogP contribution in [0, 0.1) is 0 Å². The minimum absolute atomic E-state index is 0.235. The number of carboxylic acid groups (broad SMARTS) is 2. The van der Waals surface area contributed by atoms with Crippen molar-refractivity contribution >= 4 is 11.9 Å². The lowest BCUT2D eigenvalue weighted by atomic mass is 9.60. The van der Waals surface area contributed by atoms with E-state index in [0.717, 1.165) is 0 Å². The highest BCUT2D eigenvalue weighted by atomic mass is 16.4. The first-order valence-corrected chi connectivity index (χ1v) is 7.85. The lowest BCUT2D eigenvalue weighted by molar-refractivity contribution is -0.319. The Hall–Kier alpha value is -3.08. The lowest BCUT2D eigenvalue weighted by Gasteiger charge is -2.47. The number of carbonyl (C=O) groups is 2. The zero-order chi connectivity index (χ0) is 18.1. The third kappa shape index (κ3) is 2.67. The second kappa shape index (κ2) is 6.09. The van der Waals surface area contributed by atoms with E-state index < -0.39 is 22.8 Å². The average Bonchev–Trinajstić information content (AvgIpc) is 2.62. The second-order valence-corrected chi connectivity index (χ2v) is 6.35. The van der Waals surface area contributed by atoms with Crippen LogP contribution in [0.15, 0.2) is 72.5 Å². The van der Waals surface area contributed by atoms with Gasteiger partial charge in [-0.3, -0.25) is 0 Å². The summed E-state index contributed by atoms with van der Waals surface area (Å²) < 4.78 is 0. The molecule has 0 radical (unpaired) electrons. The zero-order valence-corrected chi connectivity index (χ0v) is 13.3. The first kappa shape index (κ1) is 16.8. The largest absolute Gasteiger partial charge is 0.549 e. The van der Waals surface area contributed by atoms with Gasteiger partial charge in [-0.05, 0) is 23.6 Å².